The fraction of sp³-hybridized carbons (Fsp3) is 0.778. The van der Waals surface area contributed by atoms with Crippen molar-refractivity contribution in [3.05, 3.63) is 28.6 Å². The second kappa shape index (κ2) is 7.62. The molecule has 6 heterocycles. The number of quaternary nitrogens is 1. The number of hydrogen-bond acceptors (Lipinski definition) is 8. The van der Waals surface area contributed by atoms with Crippen LogP contribution in [0.5, 0.6) is 0 Å². The van der Waals surface area contributed by atoms with Gasteiger partial charge in [0, 0.05) is 25.4 Å². The van der Waals surface area contributed by atoms with Crippen molar-refractivity contribution in [1.29, 1.82) is 0 Å². The van der Waals surface area contributed by atoms with Crippen molar-refractivity contribution >= 4 is 24.0 Å². The molecule has 6 atom stereocenters. The van der Waals surface area contributed by atoms with E-state index in [-0.39, 0.29) is 34.5 Å². The van der Waals surface area contributed by atoms with Crippen LogP contribution in [-0.2, 0) is 0 Å². The molecule has 0 saturated carbocycles. The first-order valence-corrected chi connectivity index (χ1v) is 9.89. The molecule has 28 heavy (non-hydrogen) atoms. The topological polar surface area (TPSA) is 104 Å². The number of halogens is 1. The molecule has 0 amide bonds. The Morgan fingerprint density at radius 1 is 0.929 bits per heavy atom. The van der Waals surface area contributed by atoms with Crippen LogP contribution in [0.25, 0.3) is 0 Å². The molecule has 6 unspecified atom stereocenters. The van der Waals surface area contributed by atoms with E-state index in [1.54, 1.807) is 0 Å². The highest BCUT2D eigenvalue weighted by atomic mass is 127. The molecule has 2 aromatic rings. The van der Waals surface area contributed by atoms with Gasteiger partial charge in [-0.25, -0.2) is 0 Å². The van der Waals surface area contributed by atoms with Crippen LogP contribution in [0.1, 0.15) is 48.1 Å². The molecular formula is C18H27IN6O3. The van der Waals surface area contributed by atoms with Gasteiger partial charge >= 0.3 is 0 Å². The molecule has 0 aliphatic carbocycles. The monoisotopic (exact) mass is 502 g/mol. The predicted molar refractivity (Wildman–Crippen MR) is 110 cm³/mol. The van der Waals surface area contributed by atoms with Crippen LogP contribution < -0.4 is 0 Å². The van der Waals surface area contributed by atoms with E-state index in [4.69, 9.17) is 9.05 Å². The van der Waals surface area contributed by atoms with Gasteiger partial charge in [-0.3, -0.25) is 0 Å². The molecule has 4 aliphatic heterocycles. The number of rotatable bonds is 2. The Balaban J connectivity index is 0.000000133. The van der Waals surface area contributed by atoms with Crippen LogP contribution in [0.15, 0.2) is 9.05 Å². The van der Waals surface area contributed by atoms with Crippen LogP contribution in [0.4, 0.5) is 0 Å². The average molecular weight is 502 g/mol. The summed E-state index contributed by atoms with van der Waals surface area (Å²) in [6.07, 6.45) is 2.31. The summed E-state index contributed by atoms with van der Waals surface area (Å²) in [6, 6.07) is 0. The van der Waals surface area contributed by atoms with Gasteiger partial charge in [-0.1, -0.05) is 10.3 Å². The number of piperidine rings is 2. The van der Waals surface area contributed by atoms with Crippen molar-refractivity contribution in [2.24, 2.45) is 11.8 Å². The van der Waals surface area contributed by atoms with Crippen LogP contribution in [-0.4, -0.2) is 69.1 Å². The summed E-state index contributed by atoms with van der Waals surface area (Å²) in [5.41, 5.74) is 0. The highest BCUT2D eigenvalue weighted by molar-refractivity contribution is 14.0. The zero-order valence-electron chi connectivity index (χ0n) is 16.3. The van der Waals surface area contributed by atoms with Crippen LogP contribution in [0.2, 0.25) is 0 Å². The van der Waals surface area contributed by atoms with Crippen molar-refractivity contribution in [3.63, 3.8) is 0 Å². The van der Waals surface area contributed by atoms with Gasteiger partial charge in [-0.05, 0) is 32.7 Å². The van der Waals surface area contributed by atoms with Crippen molar-refractivity contribution in [2.75, 3.05) is 39.3 Å². The van der Waals surface area contributed by atoms with E-state index in [0.29, 0.717) is 30.1 Å². The van der Waals surface area contributed by atoms with Gasteiger partial charge in [0.1, 0.15) is 0 Å². The third-order valence-corrected chi connectivity index (χ3v) is 6.63. The Labute approximate surface area is 181 Å². The fourth-order valence-corrected chi connectivity index (χ4v) is 5.28. The molecule has 4 saturated heterocycles. The van der Waals surface area contributed by atoms with Gasteiger partial charge in [-0.2, -0.15) is 9.97 Å². The number of aromatic nitrogens is 4. The Morgan fingerprint density at radius 3 is 2.04 bits per heavy atom. The average Bonchev–Trinajstić information content (AvgIpc) is 3.44. The Bertz CT molecular complexity index is 828. The number of fused-ring (bicyclic) bond motifs is 4. The lowest BCUT2D eigenvalue weighted by atomic mass is 9.92. The summed E-state index contributed by atoms with van der Waals surface area (Å²) < 4.78 is 10.3. The van der Waals surface area contributed by atoms with Gasteiger partial charge < -0.3 is 23.8 Å². The molecule has 0 spiro atoms. The zero-order chi connectivity index (χ0) is 18.6. The highest BCUT2D eigenvalue weighted by Gasteiger charge is 2.49. The normalized spacial score (nSPS) is 37.6. The summed E-state index contributed by atoms with van der Waals surface area (Å²) in [5, 5.41) is 19.6. The molecule has 9 nitrogen and oxygen atoms in total. The smallest absolute Gasteiger partial charge is 0.235 e. The molecular weight excluding hydrogens is 475 g/mol. The lowest BCUT2D eigenvalue weighted by Gasteiger charge is -2.36. The molecule has 4 fully saturated rings. The van der Waals surface area contributed by atoms with Crippen molar-refractivity contribution in [3.8, 4) is 0 Å². The highest BCUT2D eigenvalue weighted by Crippen LogP contribution is 2.43. The predicted octanol–water partition coefficient (Wildman–Crippen LogP) is 2.22. The third-order valence-electron chi connectivity index (χ3n) is 6.63. The summed E-state index contributed by atoms with van der Waals surface area (Å²) >= 11 is 0. The number of aryl methyl sites for hydroxylation is 2. The Morgan fingerprint density at radius 2 is 1.61 bits per heavy atom. The first-order chi connectivity index (χ1) is 13.0. The van der Waals surface area contributed by atoms with E-state index in [1.807, 2.05) is 13.8 Å². The first kappa shape index (κ1) is 20.2. The standard InChI is InChI=1S/C9H13N3O2.C9H13N3O.HI/c1-6-10-9(14-11-6)8-5-12(13)3-2-7(8)4-12;1-6-10-9(13-11-6)8-5-12-3-2-7(8)4-12;/h7-8H,2-5H2,1H3;7-8H,2-5H2,1H3;1H. The third kappa shape index (κ3) is 3.71. The number of hydrogen-bond donors (Lipinski definition) is 0. The molecule has 6 rings (SSSR count). The molecule has 0 aromatic carbocycles. The molecule has 2 aromatic heterocycles. The molecule has 4 aliphatic rings. The summed E-state index contributed by atoms with van der Waals surface area (Å²) in [5.74, 6) is 4.89. The van der Waals surface area contributed by atoms with E-state index in [1.165, 1.54) is 19.5 Å². The second-order valence-electron chi connectivity index (χ2n) is 8.58. The van der Waals surface area contributed by atoms with Gasteiger partial charge in [0.25, 0.3) is 0 Å². The van der Waals surface area contributed by atoms with E-state index in [0.717, 1.165) is 43.7 Å². The van der Waals surface area contributed by atoms with E-state index in [2.05, 4.69) is 25.2 Å². The maximum atomic E-state index is 12.0. The fourth-order valence-electron chi connectivity index (χ4n) is 5.28. The van der Waals surface area contributed by atoms with E-state index < -0.39 is 0 Å². The summed E-state index contributed by atoms with van der Waals surface area (Å²) in [7, 11) is 0. The van der Waals surface area contributed by atoms with Crippen molar-refractivity contribution in [2.45, 2.75) is 38.5 Å². The van der Waals surface area contributed by atoms with E-state index in [9.17, 15) is 5.21 Å². The number of nitrogens with zero attached hydrogens (tertiary/aromatic N) is 6. The van der Waals surface area contributed by atoms with Gasteiger partial charge in [0.15, 0.2) is 11.6 Å². The molecule has 154 valence electrons. The largest absolute Gasteiger partial charge is 0.633 e. The molecule has 4 bridgehead atoms. The van der Waals surface area contributed by atoms with Gasteiger partial charge in [0.2, 0.25) is 11.8 Å². The van der Waals surface area contributed by atoms with Crippen LogP contribution in [0.3, 0.4) is 0 Å². The minimum Gasteiger partial charge on any atom is -0.633 e. The molecule has 0 radical (unpaired) electrons. The minimum absolute atomic E-state index is 0. The van der Waals surface area contributed by atoms with Crippen LogP contribution >= 0.6 is 24.0 Å². The Hall–Kier alpha value is -1.11. The van der Waals surface area contributed by atoms with Crippen molar-refractivity contribution in [1.82, 2.24) is 25.2 Å². The molecule has 0 N–H and O–H groups in total. The Kier molecular flexibility index (Phi) is 5.49. The van der Waals surface area contributed by atoms with Crippen LogP contribution in [0, 0.1) is 30.9 Å². The first-order valence-electron chi connectivity index (χ1n) is 9.89. The van der Waals surface area contributed by atoms with E-state index >= 15 is 0 Å². The zero-order valence-corrected chi connectivity index (χ0v) is 18.6. The van der Waals surface area contributed by atoms with Gasteiger partial charge in [0.05, 0.1) is 31.5 Å². The maximum Gasteiger partial charge on any atom is 0.235 e. The summed E-state index contributed by atoms with van der Waals surface area (Å²) in [6.45, 7) is 9.43. The SMILES string of the molecule is Cc1noc(C2CN3CCC2C3)n1.Cc1noc(C2C[N+]3([O-])CCC2C3)n1.I. The number of hydroxylamine groups is 3. The lowest BCUT2D eigenvalue weighted by Crippen LogP contribution is -2.38. The second-order valence-corrected chi connectivity index (χ2v) is 8.58. The summed E-state index contributed by atoms with van der Waals surface area (Å²) in [4.78, 5) is 11.0. The quantitative estimate of drug-likeness (QED) is 0.350. The minimum atomic E-state index is -0.0449. The lowest BCUT2D eigenvalue weighted by molar-refractivity contribution is -0.860. The maximum absolute atomic E-state index is 12.0. The van der Waals surface area contributed by atoms with Gasteiger partial charge in [-0.15, -0.1) is 24.0 Å². The van der Waals surface area contributed by atoms with Crippen molar-refractivity contribution < 1.29 is 13.7 Å². The molecule has 10 heteroatoms.